The molecule has 0 radical (unpaired) electrons. The number of carbonyl (C=O) groups excluding carboxylic acids is 1. The van der Waals surface area contributed by atoms with Crippen LogP contribution in [0, 0.1) is 0 Å². The number of fused-ring (bicyclic) bond motifs is 2. The summed E-state index contributed by atoms with van der Waals surface area (Å²) < 4.78 is 5.44. The van der Waals surface area contributed by atoms with E-state index in [0.717, 1.165) is 12.8 Å². The molecule has 2 heterocycles. The van der Waals surface area contributed by atoms with Crippen LogP contribution in [0.4, 0.5) is 4.79 Å². The van der Waals surface area contributed by atoms with Gasteiger partial charge in [0, 0.05) is 24.9 Å². The molecule has 102 valence electrons. The van der Waals surface area contributed by atoms with Gasteiger partial charge >= 0.3 is 6.09 Å². The van der Waals surface area contributed by atoms with Gasteiger partial charge in [-0.05, 0) is 33.6 Å². The van der Waals surface area contributed by atoms with Crippen molar-refractivity contribution in [3.05, 3.63) is 12.7 Å². The Labute approximate surface area is 109 Å². The zero-order chi connectivity index (χ0) is 13.6. The first-order valence-electron chi connectivity index (χ1n) is 6.61. The van der Waals surface area contributed by atoms with Crippen molar-refractivity contribution in [3.63, 3.8) is 0 Å². The van der Waals surface area contributed by atoms with E-state index in [1.165, 1.54) is 0 Å². The molecule has 0 spiro atoms. The van der Waals surface area contributed by atoms with E-state index in [-0.39, 0.29) is 18.2 Å². The highest BCUT2D eigenvalue weighted by Gasteiger charge is 2.49. The fraction of sp³-hybridized carbons (Fsp3) is 0.786. The standard InChI is InChI=1S/C14H23NO3/c1-5-14(17)8-10-6-7-11(9-14)15(10)12(16)18-13(2,3)4/h5,10-11,17H,1,6-9H2,2-4H3. The molecule has 0 aliphatic carbocycles. The van der Waals surface area contributed by atoms with E-state index in [1.807, 2.05) is 25.7 Å². The molecule has 0 aromatic carbocycles. The molecule has 1 N–H and O–H groups in total. The number of nitrogens with zero attached hydrogens (tertiary/aromatic N) is 1. The minimum atomic E-state index is -0.815. The number of carbonyl (C=O) groups is 1. The summed E-state index contributed by atoms with van der Waals surface area (Å²) >= 11 is 0. The molecule has 1 amide bonds. The van der Waals surface area contributed by atoms with Gasteiger partial charge in [-0.2, -0.15) is 0 Å². The Kier molecular flexibility index (Phi) is 3.18. The van der Waals surface area contributed by atoms with E-state index in [1.54, 1.807) is 6.08 Å². The molecule has 0 aromatic rings. The topological polar surface area (TPSA) is 49.8 Å². The third-order valence-electron chi connectivity index (χ3n) is 3.78. The lowest BCUT2D eigenvalue weighted by molar-refractivity contribution is -0.0347. The van der Waals surface area contributed by atoms with E-state index in [0.29, 0.717) is 12.8 Å². The molecule has 2 fully saturated rings. The Bertz CT molecular complexity index is 345. The Balaban J connectivity index is 2.09. The Morgan fingerprint density at radius 1 is 1.39 bits per heavy atom. The molecule has 4 heteroatoms. The average molecular weight is 253 g/mol. The number of amides is 1. The van der Waals surface area contributed by atoms with Gasteiger partial charge in [0.25, 0.3) is 0 Å². The van der Waals surface area contributed by atoms with Gasteiger partial charge in [0.15, 0.2) is 0 Å². The van der Waals surface area contributed by atoms with Crippen molar-refractivity contribution in [1.82, 2.24) is 4.90 Å². The number of piperidine rings is 1. The smallest absolute Gasteiger partial charge is 0.410 e. The van der Waals surface area contributed by atoms with Gasteiger partial charge in [-0.1, -0.05) is 6.08 Å². The maximum atomic E-state index is 12.2. The second-order valence-corrected chi connectivity index (χ2v) is 6.49. The van der Waals surface area contributed by atoms with Crippen LogP contribution in [0.5, 0.6) is 0 Å². The highest BCUT2D eigenvalue weighted by Crippen LogP contribution is 2.41. The number of aliphatic hydroxyl groups is 1. The van der Waals surface area contributed by atoms with Crippen molar-refractivity contribution in [1.29, 1.82) is 0 Å². The highest BCUT2D eigenvalue weighted by molar-refractivity contribution is 5.69. The minimum absolute atomic E-state index is 0.0848. The van der Waals surface area contributed by atoms with E-state index in [2.05, 4.69) is 6.58 Å². The Morgan fingerprint density at radius 3 is 2.28 bits per heavy atom. The molecule has 2 saturated heterocycles. The maximum absolute atomic E-state index is 12.2. The fourth-order valence-corrected chi connectivity index (χ4v) is 3.04. The first kappa shape index (κ1) is 13.4. The third-order valence-corrected chi connectivity index (χ3v) is 3.78. The summed E-state index contributed by atoms with van der Waals surface area (Å²) in [6.45, 7) is 9.31. The van der Waals surface area contributed by atoms with Crippen molar-refractivity contribution in [2.75, 3.05) is 0 Å². The molecule has 2 aliphatic heterocycles. The van der Waals surface area contributed by atoms with Crippen LogP contribution in [0.25, 0.3) is 0 Å². The van der Waals surface area contributed by atoms with Crippen LogP contribution in [-0.4, -0.2) is 39.4 Å². The molecular formula is C14H23NO3. The summed E-state index contributed by atoms with van der Waals surface area (Å²) in [7, 11) is 0. The molecule has 2 bridgehead atoms. The van der Waals surface area contributed by atoms with Crippen LogP contribution in [0.15, 0.2) is 12.7 Å². The van der Waals surface area contributed by atoms with Gasteiger partial charge in [-0.25, -0.2) is 4.79 Å². The molecular weight excluding hydrogens is 230 g/mol. The normalized spacial score (nSPS) is 35.4. The second kappa shape index (κ2) is 4.26. The number of rotatable bonds is 1. The van der Waals surface area contributed by atoms with Crippen molar-refractivity contribution >= 4 is 6.09 Å². The average Bonchev–Trinajstić information content (AvgIpc) is 2.50. The Morgan fingerprint density at radius 2 is 1.89 bits per heavy atom. The molecule has 4 nitrogen and oxygen atoms in total. The summed E-state index contributed by atoms with van der Waals surface area (Å²) in [5.74, 6) is 0. The van der Waals surface area contributed by atoms with Gasteiger partial charge < -0.3 is 14.7 Å². The van der Waals surface area contributed by atoms with Crippen molar-refractivity contribution < 1.29 is 14.6 Å². The summed E-state index contributed by atoms with van der Waals surface area (Å²) in [6.07, 6.45) is 4.41. The molecule has 2 unspecified atom stereocenters. The molecule has 0 aromatic heterocycles. The fourth-order valence-electron chi connectivity index (χ4n) is 3.04. The van der Waals surface area contributed by atoms with E-state index in [9.17, 15) is 9.90 Å². The quantitative estimate of drug-likeness (QED) is 0.730. The van der Waals surface area contributed by atoms with Crippen LogP contribution in [0.3, 0.4) is 0 Å². The SMILES string of the molecule is C=CC1(O)CC2CCC(C1)N2C(=O)OC(C)(C)C. The molecule has 18 heavy (non-hydrogen) atoms. The van der Waals surface area contributed by atoms with Gasteiger partial charge in [0.1, 0.15) is 5.60 Å². The molecule has 2 rings (SSSR count). The van der Waals surface area contributed by atoms with E-state index >= 15 is 0 Å². The van der Waals surface area contributed by atoms with Gasteiger partial charge in [0.2, 0.25) is 0 Å². The van der Waals surface area contributed by atoms with Crippen LogP contribution in [0.2, 0.25) is 0 Å². The second-order valence-electron chi connectivity index (χ2n) is 6.49. The molecule has 2 aliphatic rings. The molecule has 0 saturated carbocycles. The predicted molar refractivity (Wildman–Crippen MR) is 69.3 cm³/mol. The predicted octanol–water partition coefficient (Wildman–Crippen LogP) is 2.47. The van der Waals surface area contributed by atoms with E-state index in [4.69, 9.17) is 4.74 Å². The minimum Gasteiger partial charge on any atom is -0.444 e. The highest BCUT2D eigenvalue weighted by atomic mass is 16.6. The summed E-state index contributed by atoms with van der Waals surface area (Å²) in [4.78, 5) is 14.0. The maximum Gasteiger partial charge on any atom is 0.410 e. The summed E-state index contributed by atoms with van der Waals surface area (Å²) in [6, 6.07) is 0.170. The number of hydrogen-bond acceptors (Lipinski definition) is 3. The lowest BCUT2D eigenvalue weighted by Crippen LogP contribution is -2.53. The first-order chi connectivity index (χ1) is 8.24. The van der Waals surface area contributed by atoms with Crippen LogP contribution >= 0.6 is 0 Å². The van der Waals surface area contributed by atoms with Crippen LogP contribution < -0.4 is 0 Å². The Hall–Kier alpha value is -1.03. The van der Waals surface area contributed by atoms with Gasteiger partial charge in [-0.15, -0.1) is 6.58 Å². The zero-order valence-electron chi connectivity index (χ0n) is 11.5. The monoisotopic (exact) mass is 253 g/mol. The van der Waals surface area contributed by atoms with E-state index < -0.39 is 11.2 Å². The summed E-state index contributed by atoms with van der Waals surface area (Å²) in [5.41, 5.74) is -1.28. The van der Waals surface area contributed by atoms with Crippen LogP contribution in [-0.2, 0) is 4.74 Å². The van der Waals surface area contributed by atoms with Gasteiger partial charge in [0.05, 0.1) is 5.60 Å². The summed E-state index contributed by atoms with van der Waals surface area (Å²) in [5, 5.41) is 10.3. The number of hydrogen-bond donors (Lipinski definition) is 1. The van der Waals surface area contributed by atoms with Crippen molar-refractivity contribution in [3.8, 4) is 0 Å². The lowest BCUT2D eigenvalue weighted by atomic mass is 9.86. The van der Waals surface area contributed by atoms with Crippen molar-refractivity contribution in [2.24, 2.45) is 0 Å². The largest absolute Gasteiger partial charge is 0.444 e. The lowest BCUT2D eigenvalue weighted by Gasteiger charge is -2.42. The van der Waals surface area contributed by atoms with Crippen molar-refractivity contribution in [2.45, 2.75) is 69.7 Å². The van der Waals surface area contributed by atoms with Gasteiger partial charge in [-0.3, -0.25) is 0 Å². The molecule has 2 atom stereocenters. The van der Waals surface area contributed by atoms with Crippen LogP contribution in [0.1, 0.15) is 46.5 Å². The third kappa shape index (κ3) is 2.53. The number of ether oxygens (including phenoxy) is 1. The first-order valence-corrected chi connectivity index (χ1v) is 6.61. The zero-order valence-corrected chi connectivity index (χ0v) is 11.5.